The Morgan fingerprint density at radius 3 is 2.50 bits per heavy atom. The topological polar surface area (TPSA) is 87.5 Å². The highest BCUT2D eigenvalue weighted by Gasteiger charge is 2.36. The number of imide groups is 1. The second kappa shape index (κ2) is 8.12. The van der Waals surface area contributed by atoms with E-state index in [1.54, 1.807) is 35.4 Å². The molecule has 1 unspecified atom stereocenters. The fourth-order valence-electron chi connectivity index (χ4n) is 3.73. The van der Waals surface area contributed by atoms with Crippen LogP contribution in [0.1, 0.15) is 39.0 Å². The zero-order valence-corrected chi connectivity index (χ0v) is 16.3. The molecule has 2 aliphatic rings. The van der Waals surface area contributed by atoms with Gasteiger partial charge in [0.2, 0.25) is 5.91 Å². The monoisotopic (exact) mass is 403 g/mol. The van der Waals surface area contributed by atoms with Gasteiger partial charge in [-0.05, 0) is 12.1 Å². The number of fused-ring (bicyclic) bond motifs is 1. The van der Waals surface area contributed by atoms with Crippen molar-refractivity contribution in [3.63, 3.8) is 0 Å². The average molecular weight is 404 g/mol. The number of carbonyl (C=O) groups is 3. The van der Waals surface area contributed by atoms with Crippen LogP contribution in [-0.4, -0.2) is 63.3 Å². The van der Waals surface area contributed by atoms with E-state index in [0.29, 0.717) is 30.8 Å². The summed E-state index contributed by atoms with van der Waals surface area (Å²) >= 11 is 0. The molecule has 8 nitrogen and oxygen atoms in total. The van der Waals surface area contributed by atoms with Crippen LogP contribution in [0, 0.1) is 0 Å². The van der Waals surface area contributed by atoms with Gasteiger partial charge in [0.15, 0.2) is 0 Å². The molecule has 0 bridgehead atoms. The van der Waals surface area contributed by atoms with E-state index >= 15 is 0 Å². The van der Waals surface area contributed by atoms with Crippen LogP contribution in [-0.2, 0) is 11.8 Å². The standard InChI is InChI=1S/C19H21N5O3.ClH/c1-22-10-8-21-17(22)15-12-20-7-11-23(15)16(25)6-9-24-18(26)13-4-2-3-5-14(13)19(24)27;/h2-5,8,10,15,20H,6-7,9,11-12H2,1H3;1H. The third-order valence-electron chi connectivity index (χ3n) is 5.15. The minimum atomic E-state index is -0.329. The third-order valence-corrected chi connectivity index (χ3v) is 5.15. The van der Waals surface area contributed by atoms with E-state index in [1.807, 2.05) is 17.8 Å². The van der Waals surface area contributed by atoms with E-state index in [1.165, 1.54) is 4.90 Å². The highest BCUT2D eigenvalue weighted by Crippen LogP contribution is 2.24. The summed E-state index contributed by atoms with van der Waals surface area (Å²) < 4.78 is 1.90. The van der Waals surface area contributed by atoms with Crippen LogP contribution in [0.5, 0.6) is 0 Å². The summed E-state index contributed by atoms with van der Waals surface area (Å²) in [5, 5.41) is 3.29. The van der Waals surface area contributed by atoms with E-state index in [0.717, 1.165) is 5.82 Å². The van der Waals surface area contributed by atoms with Gasteiger partial charge in [-0.25, -0.2) is 4.98 Å². The summed E-state index contributed by atoms with van der Waals surface area (Å²) in [6, 6.07) is 6.59. The summed E-state index contributed by atoms with van der Waals surface area (Å²) in [6.45, 7) is 1.99. The molecular weight excluding hydrogens is 382 g/mol. The Labute approximate surface area is 168 Å². The molecule has 0 spiro atoms. The van der Waals surface area contributed by atoms with Crippen molar-refractivity contribution in [3.8, 4) is 0 Å². The lowest BCUT2D eigenvalue weighted by Crippen LogP contribution is -2.50. The number of aryl methyl sites for hydroxylation is 1. The van der Waals surface area contributed by atoms with Crippen molar-refractivity contribution < 1.29 is 14.4 Å². The molecule has 1 N–H and O–H groups in total. The van der Waals surface area contributed by atoms with Gasteiger partial charge in [0.05, 0.1) is 11.1 Å². The lowest BCUT2D eigenvalue weighted by Gasteiger charge is -2.36. The van der Waals surface area contributed by atoms with E-state index < -0.39 is 0 Å². The molecule has 148 valence electrons. The van der Waals surface area contributed by atoms with Crippen molar-refractivity contribution in [3.05, 3.63) is 53.6 Å². The number of nitrogens with zero attached hydrogens (tertiary/aromatic N) is 4. The van der Waals surface area contributed by atoms with E-state index in [-0.39, 0.29) is 49.1 Å². The van der Waals surface area contributed by atoms with E-state index in [4.69, 9.17) is 0 Å². The first-order valence-corrected chi connectivity index (χ1v) is 9.00. The van der Waals surface area contributed by atoms with Gasteiger partial charge in [-0.2, -0.15) is 0 Å². The number of carbonyl (C=O) groups excluding carboxylic acids is 3. The lowest BCUT2D eigenvalue weighted by atomic mass is 10.1. The summed E-state index contributed by atoms with van der Waals surface area (Å²) in [6.07, 6.45) is 3.67. The number of halogens is 1. The zero-order chi connectivity index (χ0) is 19.0. The largest absolute Gasteiger partial charge is 0.336 e. The van der Waals surface area contributed by atoms with Gasteiger partial charge in [0.25, 0.3) is 11.8 Å². The maximum atomic E-state index is 12.9. The summed E-state index contributed by atoms with van der Waals surface area (Å²) in [5.41, 5.74) is 0.811. The minimum Gasteiger partial charge on any atom is -0.336 e. The average Bonchev–Trinajstić information content (AvgIpc) is 3.22. The highest BCUT2D eigenvalue weighted by molar-refractivity contribution is 6.21. The Morgan fingerprint density at radius 2 is 1.89 bits per heavy atom. The molecule has 0 radical (unpaired) electrons. The molecule has 0 saturated carbocycles. The molecule has 2 aliphatic heterocycles. The number of rotatable bonds is 4. The van der Waals surface area contributed by atoms with Crippen LogP contribution in [0.2, 0.25) is 0 Å². The van der Waals surface area contributed by atoms with Crippen molar-refractivity contribution in [2.75, 3.05) is 26.2 Å². The maximum Gasteiger partial charge on any atom is 0.261 e. The molecule has 4 rings (SSSR count). The number of nitrogens with one attached hydrogen (secondary N) is 1. The van der Waals surface area contributed by atoms with Crippen LogP contribution >= 0.6 is 12.4 Å². The predicted octanol–water partition coefficient (Wildman–Crippen LogP) is 1.00. The minimum absolute atomic E-state index is 0. The molecule has 1 saturated heterocycles. The Hall–Kier alpha value is -2.71. The van der Waals surface area contributed by atoms with Crippen molar-refractivity contribution in [1.29, 1.82) is 0 Å². The lowest BCUT2D eigenvalue weighted by molar-refractivity contribution is -0.134. The first kappa shape index (κ1) is 20.0. The van der Waals surface area contributed by atoms with Crippen LogP contribution in [0.3, 0.4) is 0 Å². The molecule has 1 aromatic heterocycles. The Bertz CT molecular complexity index is 877. The summed E-state index contributed by atoms with van der Waals surface area (Å²) in [5.74, 6) is 0.0751. The molecule has 0 aliphatic carbocycles. The predicted molar refractivity (Wildman–Crippen MR) is 104 cm³/mol. The quantitative estimate of drug-likeness (QED) is 0.769. The summed E-state index contributed by atoms with van der Waals surface area (Å²) in [7, 11) is 1.90. The van der Waals surface area contributed by atoms with Crippen LogP contribution in [0.4, 0.5) is 0 Å². The first-order chi connectivity index (χ1) is 13.1. The molecule has 9 heteroatoms. The third kappa shape index (κ3) is 3.41. The second-order valence-electron chi connectivity index (χ2n) is 6.76. The SMILES string of the molecule is Cl.Cn1ccnc1C1CNCCN1C(=O)CCN1C(=O)c2ccccc2C1=O. The fourth-order valence-corrected chi connectivity index (χ4v) is 3.73. The number of amides is 3. The van der Waals surface area contributed by atoms with Gasteiger partial charge in [-0.15, -0.1) is 12.4 Å². The van der Waals surface area contributed by atoms with Gasteiger partial charge < -0.3 is 14.8 Å². The zero-order valence-electron chi connectivity index (χ0n) is 15.5. The molecule has 2 aromatic rings. The number of imidazole rings is 1. The molecule has 1 aromatic carbocycles. The Balaban J connectivity index is 0.00000225. The number of hydrogen-bond donors (Lipinski definition) is 1. The molecule has 3 amide bonds. The molecule has 3 heterocycles. The molecule has 28 heavy (non-hydrogen) atoms. The molecule has 1 atom stereocenters. The van der Waals surface area contributed by atoms with Gasteiger partial charge in [0, 0.05) is 52.0 Å². The number of benzene rings is 1. The summed E-state index contributed by atoms with van der Waals surface area (Å²) in [4.78, 5) is 45.1. The van der Waals surface area contributed by atoms with Crippen molar-refractivity contribution in [2.24, 2.45) is 7.05 Å². The second-order valence-corrected chi connectivity index (χ2v) is 6.76. The van der Waals surface area contributed by atoms with Crippen LogP contribution in [0.25, 0.3) is 0 Å². The van der Waals surface area contributed by atoms with Crippen molar-refractivity contribution in [1.82, 2.24) is 24.7 Å². The fraction of sp³-hybridized carbons (Fsp3) is 0.368. The van der Waals surface area contributed by atoms with Gasteiger partial charge in [-0.3, -0.25) is 19.3 Å². The van der Waals surface area contributed by atoms with Gasteiger partial charge >= 0.3 is 0 Å². The maximum absolute atomic E-state index is 12.9. The number of aromatic nitrogens is 2. The molecule has 1 fully saturated rings. The highest BCUT2D eigenvalue weighted by atomic mass is 35.5. The smallest absolute Gasteiger partial charge is 0.261 e. The first-order valence-electron chi connectivity index (χ1n) is 9.00. The Kier molecular flexibility index (Phi) is 5.81. The van der Waals surface area contributed by atoms with Gasteiger partial charge in [0.1, 0.15) is 11.9 Å². The van der Waals surface area contributed by atoms with E-state index in [9.17, 15) is 14.4 Å². The Morgan fingerprint density at radius 1 is 1.21 bits per heavy atom. The normalized spacial score (nSPS) is 18.8. The van der Waals surface area contributed by atoms with Crippen LogP contribution in [0.15, 0.2) is 36.7 Å². The van der Waals surface area contributed by atoms with Gasteiger partial charge in [-0.1, -0.05) is 12.1 Å². The molecular formula is C19H22ClN5O3. The number of piperazine rings is 1. The van der Waals surface area contributed by atoms with E-state index in [2.05, 4.69) is 10.3 Å². The van der Waals surface area contributed by atoms with Crippen molar-refractivity contribution >= 4 is 30.1 Å². The van der Waals surface area contributed by atoms with Crippen molar-refractivity contribution in [2.45, 2.75) is 12.5 Å². The number of hydrogen-bond acceptors (Lipinski definition) is 5. The van der Waals surface area contributed by atoms with Crippen LogP contribution < -0.4 is 5.32 Å².